The molecule has 0 aliphatic heterocycles. The zero-order chi connectivity index (χ0) is 14.9. The Hall–Kier alpha value is -2.46. The van der Waals surface area contributed by atoms with Crippen molar-refractivity contribution in [3.63, 3.8) is 0 Å². The second kappa shape index (κ2) is 5.14. The largest absolute Gasteiger partial charge is 0.281 e. The van der Waals surface area contributed by atoms with Crippen LogP contribution in [0.1, 0.15) is 10.4 Å². The molecular weight excluding hydrogens is 284 g/mol. The predicted octanol–water partition coefficient (Wildman–Crippen LogP) is 3.45. The van der Waals surface area contributed by atoms with E-state index in [1.165, 1.54) is 18.2 Å². The molecule has 0 fully saturated rings. The molecule has 0 amide bonds. The molecule has 21 heavy (non-hydrogen) atoms. The van der Waals surface area contributed by atoms with Crippen LogP contribution in [0.3, 0.4) is 0 Å². The van der Waals surface area contributed by atoms with Gasteiger partial charge in [0.2, 0.25) is 9.84 Å². The lowest BCUT2D eigenvalue weighted by Crippen LogP contribution is -2.15. The highest BCUT2D eigenvalue weighted by atomic mass is 32.2. The van der Waals surface area contributed by atoms with Crippen molar-refractivity contribution in [3.8, 4) is 0 Å². The van der Waals surface area contributed by atoms with Gasteiger partial charge in [0, 0.05) is 10.9 Å². The maximum absolute atomic E-state index is 12.6. The fraction of sp³-hybridized carbons (Fsp3) is 0. The number of sulfone groups is 1. The van der Waals surface area contributed by atoms with Gasteiger partial charge in [-0.3, -0.25) is 4.79 Å². The molecule has 104 valence electrons. The summed E-state index contributed by atoms with van der Waals surface area (Å²) in [4.78, 5) is 12.4. The fourth-order valence-electron chi connectivity index (χ4n) is 2.26. The van der Waals surface area contributed by atoms with Crippen LogP contribution in [0.15, 0.2) is 77.7 Å². The van der Waals surface area contributed by atoms with Gasteiger partial charge in [-0.05, 0) is 11.5 Å². The van der Waals surface area contributed by atoms with E-state index in [4.69, 9.17) is 0 Å². The summed E-state index contributed by atoms with van der Waals surface area (Å²) in [5, 5.41) is 0.475. The van der Waals surface area contributed by atoms with Crippen LogP contribution in [0.2, 0.25) is 0 Å². The van der Waals surface area contributed by atoms with E-state index < -0.39 is 15.0 Å². The first-order chi connectivity index (χ1) is 10.1. The maximum atomic E-state index is 12.6. The van der Waals surface area contributed by atoms with E-state index in [2.05, 4.69) is 0 Å². The molecule has 0 saturated carbocycles. The summed E-state index contributed by atoms with van der Waals surface area (Å²) >= 11 is 0. The van der Waals surface area contributed by atoms with Crippen molar-refractivity contribution >= 4 is 25.7 Å². The average molecular weight is 296 g/mol. The molecule has 0 radical (unpaired) electrons. The molecule has 0 spiro atoms. The molecule has 0 atom stereocenters. The number of fused-ring (bicyclic) bond motifs is 1. The summed E-state index contributed by atoms with van der Waals surface area (Å²) in [6.07, 6.45) is 0. The topological polar surface area (TPSA) is 51.2 Å². The second-order valence-electron chi connectivity index (χ2n) is 4.63. The molecule has 0 heterocycles. The molecule has 0 N–H and O–H groups in total. The summed E-state index contributed by atoms with van der Waals surface area (Å²) in [7, 11) is -4.06. The number of benzene rings is 3. The highest BCUT2D eigenvalue weighted by Gasteiger charge is 2.27. The molecule has 3 aromatic rings. The van der Waals surface area contributed by atoms with Crippen LogP contribution in [-0.2, 0) is 9.84 Å². The number of hydrogen-bond acceptors (Lipinski definition) is 3. The SMILES string of the molecule is O=C(c1ccccc1)S(=O)(=O)c1cccc2ccccc12. The summed E-state index contributed by atoms with van der Waals surface area (Å²) < 4.78 is 25.2. The lowest BCUT2D eigenvalue weighted by Gasteiger charge is -2.07. The third kappa shape index (κ3) is 2.34. The fourth-order valence-corrected chi connectivity index (χ4v) is 3.64. The van der Waals surface area contributed by atoms with Crippen LogP contribution in [0, 0.1) is 0 Å². The minimum Gasteiger partial charge on any atom is -0.276 e. The molecule has 4 heteroatoms. The van der Waals surface area contributed by atoms with Gasteiger partial charge >= 0.3 is 0 Å². The molecule has 0 aliphatic rings. The molecule has 3 aromatic carbocycles. The summed E-state index contributed by atoms with van der Waals surface area (Å²) in [5.74, 6) is 0. The van der Waals surface area contributed by atoms with E-state index in [1.807, 2.05) is 18.2 Å². The summed E-state index contributed by atoms with van der Waals surface area (Å²) in [5.41, 5.74) is 0.172. The standard InChI is InChI=1S/C17H12O3S/c18-17(14-8-2-1-3-9-14)21(19,20)16-12-6-10-13-7-4-5-11-15(13)16/h1-12H. The van der Waals surface area contributed by atoms with Crippen molar-refractivity contribution in [3.05, 3.63) is 78.4 Å². The first-order valence-corrected chi connectivity index (χ1v) is 7.91. The minimum atomic E-state index is -4.06. The van der Waals surface area contributed by atoms with E-state index in [0.29, 0.717) is 5.39 Å². The Bertz CT molecular complexity index is 908. The van der Waals surface area contributed by atoms with Gasteiger partial charge in [-0.2, -0.15) is 0 Å². The lowest BCUT2D eigenvalue weighted by molar-refractivity contribution is 0.107. The van der Waals surface area contributed by atoms with Crippen molar-refractivity contribution in [2.24, 2.45) is 0 Å². The van der Waals surface area contributed by atoms with E-state index in [1.54, 1.807) is 36.4 Å². The van der Waals surface area contributed by atoms with Crippen molar-refractivity contribution in [2.75, 3.05) is 0 Å². The maximum Gasteiger partial charge on any atom is 0.281 e. The second-order valence-corrected chi connectivity index (χ2v) is 6.45. The van der Waals surface area contributed by atoms with E-state index in [-0.39, 0.29) is 10.5 Å². The smallest absolute Gasteiger partial charge is 0.276 e. The summed E-state index contributed by atoms with van der Waals surface area (Å²) in [6, 6.07) is 20.1. The van der Waals surface area contributed by atoms with Crippen LogP contribution in [0.4, 0.5) is 0 Å². The van der Waals surface area contributed by atoms with Crippen molar-refractivity contribution in [1.82, 2.24) is 0 Å². The summed E-state index contributed by atoms with van der Waals surface area (Å²) in [6.45, 7) is 0. The average Bonchev–Trinajstić information content (AvgIpc) is 2.54. The zero-order valence-corrected chi connectivity index (χ0v) is 11.9. The van der Waals surface area contributed by atoms with Crippen molar-refractivity contribution in [1.29, 1.82) is 0 Å². The van der Waals surface area contributed by atoms with Gasteiger partial charge < -0.3 is 0 Å². The Morgan fingerprint density at radius 1 is 0.714 bits per heavy atom. The normalized spacial score (nSPS) is 11.4. The number of carbonyl (C=O) groups is 1. The Morgan fingerprint density at radius 2 is 1.33 bits per heavy atom. The van der Waals surface area contributed by atoms with Gasteiger partial charge in [0.15, 0.2) is 0 Å². The van der Waals surface area contributed by atoms with Gasteiger partial charge in [0.25, 0.3) is 5.12 Å². The predicted molar refractivity (Wildman–Crippen MR) is 81.9 cm³/mol. The number of rotatable bonds is 2. The van der Waals surface area contributed by atoms with Gasteiger partial charge in [-0.25, -0.2) is 8.42 Å². The molecular formula is C17H12O3S. The molecule has 0 unspecified atom stereocenters. The van der Waals surface area contributed by atoms with E-state index >= 15 is 0 Å². The third-order valence-corrected chi connectivity index (χ3v) is 4.95. The van der Waals surface area contributed by atoms with E-state index in [9.17, 15) is 13.2 Å². The van der Waals surface area contributed by atoms with Crippen molar-refractivity contribution < 1.29 is 13.2 Å². The number of hydrogen-bond donors (Lipinski definition) is 0. The zero-order valence-electron chi connectivity index (χ0n) is 11.1. The Kier molecular flexibility index (Phi) is 3.31. The minimum absolute atomic E-state index is 0.0504. The van der Waals surface area contributed by atoms with Gasteiger partial charge in [0.1, 0.15) is 0 Å². The Labute approximate surface area is 122 Å². The Morgan fingerprint density at radius 3 is 2.10 bits per heavy atom. The third-order valence-electron chi connectivity index (χ3n) is 3.29. The van der Waals surface area contributed by atoms with Crippen LogP contribution in [-0.4, -0.2) is 13.5 Å². The molecule has 0 aliphatic carbocycles. The van der Waals surface area contributed by atoms with Crippen LogP contribution in [0.5, 0.6) is 0 Å². The Balaban J connectivity index is 2.20. The molecule has 0 aromatic heterocycles. The van der Waals surface area contributed by atoms with Crippen molar-refractivity contribution in [2.45, 2.75) is 4.90 Å². The van der Waals surface area contributed by atoms with Gasteiger partial charge in [-0.15, -0.1) is 0 Å². The van der Waals surface area contributed by atoms with Crippen LogP contribution in [0.25, 0.3) is 10.8 Å². The molecule has 0 bridgehead atoms. The highest BCUT2D eigenvalue weighted by Crippen LogP contribution is 2.25. The first-order valence-electron chi connectivity index (χ1n) is 6.43. The quantitative estimate of drug-likeness (QED) is 0.727. The van der Waals surface area contributed by atoms with Crippen LogP contribution < -0.4 is 0 Å². The lowest BCUT2D eigenvalue weighted by atomic mass is 10.1. The monoisotopic (exact) mass is 296 g/mol. The first kappa shape index (κ1) is 13.5. The van der Waals surface area contributed by atoms with E-state index in [0.717, 1.165) is 5.39 Å². The molecule has 0 saturated heterocycles. The molecule has 3 nitrogen and oxygen atoms in total. The molecule has 3 rings (SSSR count). The highest BCUT2D eigenvalue weighted by molar-refractivity contribution is 8.06. The van der Waals surface area contributed by atoms with Gasteiger partial charge in [0.05, 0.1) is 4.90 Å². The van der Waals surface area contributed by atoms with Crippen LogP contribution >= 0.6 is 0 Å². The number of carbonyl (C=O) groups excluding carboxylic acids is 1. The van der Waals surface area contributed by atoms with Gasteiger partial charge in [-0.1, -0.05) is 66.7 Å².